The van der Waals surface area contributed by atoms with Crippen LogP contribution in [-0.2, 0) is 51.9 Å². The van der Waals surface area contributed by atoms with E-state index in [2.05, 4.69) is 56.0 Å². The number of carbonyl (C=O) groups is 1. The molecule has 8 atom stereocenters. The summed E-state index contributed by atoms with van der Waals surface area (Å²) in [6.45, 7) is 12.3. The number of fused-ring (bicyclic) bond motifs is 13. The molecule has 3 saturated carbocycles. The summed E-state index contributed by atoms with van der Waals surface area (Å²) in [4.78, 5) is 30.6. The number of nitrogens with one attached hydrogen (secondary N) is 3. The standard InChI is InChI=1S/C72H75N5O11S3.Co/c1-42(2)7-6-8-43(3)55-27-28-56-54-26-17-48-41-50(37-39-71(48,4)57(54)38-40-72(55,56)5)88-70(78)73-49-18-9-44(10-19-49)66-58-29-31-60(74-58)67(45-11-20-51(21-12-45)89(79,80)81)62-33-35-64(76-62)69(47-15-24-53(25-16-47)91(85,86)87)65-36-34-63(77-65)68(61-32-30-59(66)75-61)46-13-22-52(23-14-46)90(82,83)84;/h9-25,29-36,42-43,50,54-57,74,77H,6-8,26-28,37-41H2,1-5H3,(H,73,78)(H,79,80,81)(H,82,83,84)(H,85,86,87);/q;+2/t43-,50?,54?,55?,56?,57?,71+,72-;/m1./s1. The number of aromatic amines is 2. The number of rotatable bonds is 14. The van der Waals surface area contributed by atoms with Crippen molar-refractivity contribution in [2.24, 2.45) is 46.3 Å². The number of nitrogens with zero attached hydrogens (tertiary/aromatic N) is 2. The van der Waals surface area contributed by atoms with Gasteiger partial charge in [-0.2, -0.15) is 25.3 Å². The molecule has 13 rings (SSSR count). The maximum absolute atomic E-state index is 13.9. The molecule has 6 aliphatic rings. The fraction of sp³-hybridized carbons (Fsp3) is 0.347. The van der Waals surface area contributed by atoms with Gasteiger partial charge in [0.25, 0.3) is 30.4 Å². The molecule has 2 aliphatic heterocycles. The van der Waals surface area contributed by atoms with Crippen LogP contribution >= 0.6 is 0 Å². The second-order valence-electron chi connectivity index (χ2n) is 26.8. The van der Waals surface area contributed by atoms with Gasteiger partial charge in [0.15, 0.2) is 0 Å². The molecule has 5 heterocycles. The van der Waals surface area contributed by atoms with Gasteiger partial charge in [0.05, 0.1) is 37.5 Å². The first kappa shape index (κ1) is 64.8. The van der Waals surface area contributed by atoms with E-state index in [1.807, 2.05) is 60.7 Å². The Morgan fingerprint density at radius 1 is 0.565 bits per heavy atom. The zero-order valence-electron chi connectivity index (χ0n) is 51.8. The first-order valence-electron chi connectivity index (χ1n) is 31.5. The summed E-state index contributed by atoms with van der Waals surface area (Å²) in [7, 11) is -13.6. The fourth-order valence-corrected chi connectivity index (χ4v) is 18.0. The Morgan fingerprint density at radius 3 is 1.40 bits per heavy atom. The van der Waals surface area contributed by atoms with Crippen molar-refractivity contribution in [1.29, 1.82) is 0 Å². The Morgan fingerprint density at radius 2 is 0.989 bits per heavy atom. The molecule has 1 amide bonds. The average Bonchev–Trinajstić information content (AvgIpc) is 1.32. The van der Waals surface area contributed by atoms with Crippen LogP contribution in [0.15, 0.2) is 148 Å². The number of anilines is 1. The average molecular weight is 1340 g/mol. The number of hydrogen-bond donors (Lipinski definition) is 6. The van der Waals surface area contributed by atoms with Gasteiger partial charge in [0, 0.05) is 56.4 Å². The third kappa shape index (κ3) is 12.4. The topological polar surface area (TPSA) is 259 Å². The number of ether oxygens (including phenoxy) is 1. The largest absolute Gasteiger partial charge is 2.00 e. The molecule has 7 aromatic rings. The molecule has 16 nitrogen and oxygen atoms in total. The number of aromatic nitrogens is 4. The van der Waals surface area contributed by atoms with Crippen molar-refractivity contribution in [2.45, 2.75) is 126 Å². The third-order valence-electron chi connectivity index (χ3n) is 21.0. The van der Waals surface area contributed by atoms with Crippen LogP contribution in [0.3, 0.4) is 0 Å². The minimum Gasteiger partial charge on any atom is -0.446 e. The van der Waals surface area contributed by atoms with Crippen LogP contribution in [0.4, 0.5) is 10.5 Å². The minimum absolute atomic E-state index is 0. The van der Waals surface area contributed by atoms with Crippen LogP contribution in [0.1, 0.15) is 128 Å². The predicted molar refractivity (Wildman–Crippen MR) is 357 cm³/mol. The van der Waals surface area contributed by atoms with Gasteiger partial charge < -0.3 is 14.7 Å². The maximum atomic E-state index is 13.9. The molecule has 6 N–H and O–H groups in total. The molecule has 3 fully saturated rings. The summed E-state index contributed by atoms with van der Waals surface area (Å²) in [6, 6.07) is 32.0. The number of amides is 1. The van der Waals surface area contributed by atoms with Crippen molar-refractivity contribution in [3.63, 3.8) is 0 Å². The van der Waals surface area contributed by atoms with Crippen molar-refractivity contribution in [3.05, 3.63) is 156 Å². The number of allylic oxidation sites excluding steroid dienone is 1. The molecule has 5 unspecified atom stereocenters. The van der Waals surface area contributed by atoms with Crippen LogP contribution in [0.5, 0.6) is 0 Å². The van der Waals surface area contributed by atoms with Gasteiger partial charge in [-0.3, -0.25) is 19.0 Å². The Balaban J connectivity index is 0.00000816. The summed E-state index contributed by atoms with van der Waals surface area (Å²) < 4.78 is 110. The van der Waals surface area contributed by atoms with Crippen molar-refractivity contribution in [1.82, 2.24) is 19.9 Å². The van der Waals surface area contributed by atoms with Crippen LogP contribution in [0, 0.1) is 46.3 Å². The van der Waals surface area contributed by atoms with Crippen LogP contribution in [-0.4, -0.2) is 71.0 Å². The fourth-order valence-electron chi connectivity index (χ4n) is 16.6. The first-order valence-corrected chi connectivity index (χ1v) is 35.8. The molecule has 92 heavy (non-hydrogen) atoms. The Hall–Kier alpha value is -7.27. The smallest absolute Gasteiger partial charge is 0.446 e. The summed E-state index contributed by atoms with van der Waals surface area (Å²) in [5, 5.41) is 3.01. The molecular formula is C72H75CoN5O11S3+2. The summed E-state index contributed by atoms with van der Waals surface area (Å²) >= 11 is 0. The number of carbonyl (C=O) groups excluding carboxylic acids is 1. The molecule has 0 saturated heterocycles. The van der Waals surface area contributed by atoms with E-state index in [1.54, 1.807) is 48.6 Å². The molecule has 8 bridgehead atoms. The number of H-pyrrole nitrogens is 2. The van der Waals surface area contributed by atoms with Gasteiger partial charge in [-0.1, -0.05) is 114 Å². The van der Waals surface area contributed by atoms with Crippen LogP contribution < -0.4 is 5.32 Å². The Labute approximate surface area is 548 Å². The zero-order valence-corrected chi connectivity index (χ0v) is 55.3. The van der Waals surface area contributed by atoms with Crippen LogP contribution in [0.2, 0.25) is 0 Å². The molecular weight excluding hydrogens is 1270 g/mol. The van der Waals surface area contributed by atoms with E-state index in [0.29, 0.717) is 112 Å². The van der Waals surface area contributed by atoms with E-state index in [1.165, 1.54) is 86.9 Å². The Kier molecular flexibility index (Phi) is 17.5. The van der Waals surface area contributed by atoms with Gasteiger partial charge in [-0.25, -0.2) is 14.8 Å². The van der Waals surface area contributed by atoms with Crippen LogP contribution in [0.25, 0.3) is 90.9 Å². The van der Waals surface area contributed by atoms with Crippen molar-refractivity contribution in [2.75, 3.05) is 5.32 Å². The van der Waals surface area contributed by atoms with E-state index in [-0.39, 0.29) is 43.0 Å². The number of benzene rings is 4. The van der Waals surface area contributed by atoms with Gasteiger partial charge in [-0.05, 0) is 211 Å². The van der Waals surface area contributed by atoms with E-state index in [4.69, 9.17) is 14.7 Å². The minimum atomic E-state index is -4.55. The Bertz CT molecular complexity index is 4600. The van der Waals surface area contributed by atoms with Gasteiger partial charge in [0.2, 0.25) is 0 Å². The molecule has 1 radical (unpaired) electrons. The third-order valence-corrected chi connectivity index (χ3v) is 23.6. The molecule has 3 aromatic heterocycles. The van der Waals surface area contributed by atoms with Gasteiger partial charge in [-0.15, -0.1) is 0 Å². The second-order valence-corrected chi connectivity index (χ2v) is 31.0. The second kappa shape index (κ2) is 24.9. The predicted octanol–water partition coefficient (Wildman–Crippen LogP) is 17.0. The monoisotopic (exact) mass is 1340 g/mol. The molecule has 20 heteroatoms. The van der Waals surface area contributed by atoms with Crippen molar-refractivity contribution < 1.29 is 65.2 Å². The summed E-state index contributed by atoms with van der Waals surface area (Å²) in [6.07, 6.45) is 22.0. The summed E-state index contributed by atoms with van der Waals surface area (Å²) in [5.41, 5.74) is 11.3. The van der Waals surface area contributed by atoms with E-state index >= 15 is 0 Å². The maximum Gasteiger partial charge on any atom is 2.00 e. The van der Waals surface area contributed by atoms with Crippen molar-refractivity contribution >= 4 is 88.5 Å². The normalized spacial score (nSPS) is 23.0. The van der Waals surface area contributed by atoms with Gasteiger partial charge in [0.1, 0.15) is 6.10 Å². The quantitative estimate of drug-likeness (QED) is 0.0438. The van der Waals surface area contributed by atoms with Gasteiger partial charge >= 0.3 is 22.9 Å². The zero-order chi connectivity index (χ0) is 63.9. The molecule has 479 valence electrons. The molecule has 4 aromatic carbocycles. The molecule has 4 aliphatic carbocycles. The first-order chi connectivity index (χ1) is 43.3. The van der Waals surface area contributed by atoms with E-state index in [0.717, 1.165) is 49.4 Å². The van der Waals surface area contributed by atoms with E-state index < -0.39 is 36.4 Å². The molecule has 0 spiro atoms. The number of hydrogen-bond acceptors (Lipinski definition) is 10. The SMILES string of the molecule is CC(C)CCC[C@@H](C)C1CCC2C3CC=C4CC(OC(=O)Nc5ccc(-c6c7nc(c(-c8ccc(S(=O)(=O)O)cc8)c8ccc([nH]8)c(-c8ccc(S(=O)(=O)O)cc8)c8nc(c(-c9ccc(S(=O)(=O)O)cc9)c9ccc6[nH]9)C=C8)C=C7)cc5)CC[C@]4(C)C3CC[C@@]21C.[Co+2]. The summed E-state index contributed by atoms with van der Waals surface area (Å²) in [5.74, 6) is 4.45. The van der Waals surface area contributed by atoms with E-state index in [9.17, 15) is 43.7 Å². The van der Waals surface area contributed by atoms with Crippen molar-refractivity contribution in [3.8, 4) is 44.5 Å².